The van der Waals surface area contributed by atoms with Crippen molar-refractivity contribution in [3.05, 3.63) is 124 Å². The number of aromatic nitrogens is 2. The molecule has 4 aromatic rings. The van der Waals surface area contributed by atoms with Crippen molar-refractivity contribution in [1.29, 1.82) is 0 Å². The van der Waals surface area contributed by atoms with Gasteiger partial charge in [-0.3, -0.25) is 14.9 Å². The van der Waals surface area contributed by atoms with Crippen LogP contribution in [-0.2, 0) is 30.5 Å². The average molecular weight is 653 g/mol. The van der Waals surface area contributed by atoms with Crippen molar-refractivity contribution in [2.45, 2.75) is 52.0 Å². The Hall–Kier alpha value is -4.78. The highest BCUT2D eigenvalue weighted by Gasteiger charge is 2.31. The number of amides is 1. The molecule has 46 heavy (non-hydrogen) atoms. The third kappa shape index (κ3) is 9.61. The number of benzene rings is 3. The van der Waals surface area contributed by atoms with Crippen LogP contribution in [-0.4, -0.2) is 43.0 Å². The Morgan fingerprint density at radius 2 is 1.78 bits per heavy atom. The van der Waals surface area contributed by atoms with Crippen molar-refractivity contribution in [1.82, 2.24) is 19.8 Å². The number of thiocarbonyl (C=S) groups is 1. The Morgan fingerprint density at radius 1 is 1.07 bits per heavy atom. The first kappa shape index (κ1) is 34.1. The smallest absolute Gasteiger partial charge is 0.351 e. The molecule has 2 N–H and O–H groups in total. The van der Waals surface area contributed by atoms with Crippen molar-refractivity contribution in [3.63, 3.8) is 0 Å². The van der Waals surface area contributed by atoms with E-state index in [9.17, 15) is 28.1 Å². The van der Waals surface area contributed by atoms with Gasteiger partial charge in [-0.2, -0.15) is 13.2 Å². The van der Waals surface area contributed by atoms with E-state index in [0.717, 1.165) is 29.7 Å². The van der Waals surface area contributed by atoms with Crippen LogP contribution in [0, 0.1) is 16.0 Å². The molecule has 0 fully saturated rings. The monoisotopic (exact) mass is 652 g/mol. The first-order valence-electron chi connectivity index (χ1n) is 14.7. The molecule has 13 heteroatoms. The van der Waals surface area contributed by atoms with Gasteiger partial charge in [0.05, 0.1) is 23.2 Å². The van der Waals surface area contributed by atoms with E-state index < -0.39 is 16.7 Å². The Morgan fingerprint density at radius 3 is 2.43 bits per heavy atom. The average Bonchev–Trinajstić information content (AvgIpc) is 3.46. The van der Waals surface area contributed by atoms with Crippen molar-refractivity contribution >= 4 is 34.6 Å². The molecule has 2 atom stereocenters. The predicted octanol–water partition coefficient (Wildman–Crippen LogP) is 6.83. The third-order valence-electron chi connectivity index (χ3n) is 7.68. The summed E-state index contributed by atoms with van der Waals surface area (Å²) in [5, 5.41) is 17.3. The molecule has 3 aromatic carbocycles. The highest BCUT2D eigenvalue weighted by atomic mass is 32.1. The van der Waals surface area contributed by atoms with Gasteiger partial charge in [-0.05, 0) is 47.5 Å². The van der Waals surface area contributed by atoms with Gasteiger partial charge in [0.2, 0.25) is 5.91 Å². The first-order valence-corrected chi connectivity index (χ1v) is 15.1. The molecule has 0 aliphatic rings. The van der Waals surface area contributed by atoms with Gasteiger partial charge in [-0.1, -0.05) is 68.8 Å². The zero-order valence-corrected chi connectivity index (χ0v) is 26.2. The maximum Gasteiger partial charge on any atom is 0.416 e. The summed E-state index contributed by atoms with van der Waals surface area (Å²) in [6.45, 7) is 5.10. The quantitative estimate of drug-likeness (QED) is 0.0927. The van der Waals surface area contributed by atoms with E-state index in [1.165, 1.54) is 24.3 Å². The summed E-state index contributed by atoms with van der Waals surface area (Å²) in [7, 11) is 0. The van der Waals surface area contributed by atoms with Crippen molar-refractivity contribution in [2.24, 2.45) is 5.92 Å². The number of hydrogen-bond donors (Lipinski definition) is 2. The zero-order valence-electron chi connectivity index (χ0n) is 25.4. The molecule has 0 saturated heterocycles. The van der Waals surface area contributed by atoms with Crippen LogP contribution in [0.25, 0.3) is 0 Å². The number of nitrogens with one attached hydrogen (secondary N) is 2. The van der Waals surface area contributed by atoms with Gasteiger partial charge in [0.15, 0.2) is 5.11 Å². The lowest BCUT2D eigenvalue weighted by Gasteiger charge is -2.33. The van der Waals surface area contributed by atoms with Gasteiger partial charge in [-0.25, -0.2) is 4.98 Å². The topological polar surface area (TPSA) is 105 Å². The van der Waals surface area contributed by atoms with Crippen LogP contribution < -0.4 is 10.6 Å². The zero-order chi connectivity index (χ0) is 33.3. The standard InChI is InChI=1S/C33H35F3N6O3S/c1-3-23(2)30(39-31(43)17-29-18-37-22-41(29)20-25-12-14-28(15-13-25)42(44)45)21-40(19-24-8-5-4-6-9-24)32(46)38-27-11-7-10-26(16-27)33(34,35)36/h4-16,18,22-23,30H,3,17,19-21H2,1-2H3,(H,38,46)(H,39,43)/t23-,30+/m0/s1. The number of rotatable bonds is 13. The van der Waals surface area contributed by atoms with E-state index >= 15 is 0 Å². The molecule has 0 aliphatic carbocycles. The van der Waals surface area contributed by atoms with Crippen molar-refractivity contribution in [2.75, 3.05) is 11.9 Å². The highest BCUT2D eigenvalue weighted by Crippen LogP contribution is 2.31. The SMILES string of the molecule is CC[C@H](C)[C@@H](CN(Cc1ccccc1)C(=S)Nc1cccc(C(F)(F)F)c1)NC(=O)Cc1cncn1Cc1ccc([N+](=O)[O-])cc1. The lowest BCUT2D eigenvalue weighted by Crippen LogP contribution is -2.50. The largest absolute Gasteiger partial charge is 0.416 e. The number of nitro groups is 1. The molecule has 9 nitrogen and oxygen atoms in total. The summed E-state index contributed by atoms with van der Waals surface area (Å²) >= 11 is 5.71. The molecule has 0 bridgehead atoms. The number of imidazole rings is 1. The van der Waals surface area contributed by atoms with E-state index in [2.05, 4.69) is 15.6 Å². The third-order valence-corrected chi connectivity index (χ3v) is 8.04. The minimum absolute atomic E-state index is 0.00381. The van der Waals surface area contributed by atoms with Gasteiger partial charge in [0, 0.05) is 55.4 Å². The van der Waals surface area contributed by atoms with Crippen molar-refractivity contribution in [3.8, 4) is 0 Å². The molecule has 0 radical (unpaired) electrons. The van der Waals surface area contributed by atoms with E-state index in [1.54, 1.807) is 24.7 Å². The molecular formula is C33H35F3N6O3S. The maximum absolute atomic E-state index is 13.4. The fourth-order valence-electron chi connectivity index (χ4n) is 4.87. The van der Waals surface area contributed by atoms with Crippen molar-refractivity contribution < 1.29 is 22.9 Å². The van der Waals surface area contributed by atoms with Crippen LogP contribution >= 0.6 is 12.2 Å². The number of carbonyl (C=O) groups is 1. The molecule has 1 amide bonds. The van der Waals surface area contributed by atoms with E-state index in [0.29, 0.717) is 25.3 Å². The summed E-state index contributed by atoms with van der Waals surface area (Å²) in [5.74, 6) is -0.184. The predicted molar refractivity (Wildman–Crippen MR) is 174 cm³/mol. The molecule has 242 valence electrons. The number of non-ortho nitro benzene ring substituents is 1. The number of alkyl halides is 3. The summed E-state index contributed by atoms with van der Waals surface area (Å²) in [6, 6.07) is 20.3. The van der Waals surface area contributed by atoms with Crippen LogP contribution in [0.2, 0.25) is 0 Å². The van der Waals surface area contributed by atoms with E-state index in [4.69, 9.17) is 12.2 Å². The Kier molecular flexibility index (Phi) is 11.5. The van der Waals surface area contributed by atoms with E-state index in [1.807, 2.05) is 53.6 Å². The Bertz CT molecular complexity index is 1630. The van der Waals surface area contributed by atoms with Gasteiger partial charge in [0.1, 0.15) is 0 Å². The molecule has 1 heterocycles. The fourth-order valence-corrected chi connectivity index (χ4v) is 5.13. The number of halogens is 3. The van der Waals surface area contributed by atoms with Gasteiger partial charge < -0.3 is 20.1 Å². The molecule has 0 unspecified atom stereocenters. The van der Waals surface area contributed by atoms with Crippen LogP contribution in [0.15, 0.2) is 91.4 Å². The minimum atomic E-state index is -4.49. The summed E-state index contributed by atoms with van der Waals surface area (Å²) < 4.78 is 41.8. The molecule has 0 aliphatic heterocycles. The second-order valence-electron chi connectivity index (χ2n) is 11.0. The Labute approximate surface area is 270 Å². The summed E-state index contributed by atoms with van der Waals surface area (Å²) in [4.78, 5) is 30.0. The minimum Gasteiger partial charge on any atom is -0.351 e. The molecule has 1 aromatic heterocycles. The second-order valence-corrected chi connectivity index (χ2v) is 11.4. The number of nitrogens with zero attached hydrogens (tertiary/aromatic N) is 4. The lowest BCUT2D eigenvalue weighted by molar-refractivity contribution is -0.384. The van der Waals surface area contributed by atoms with Crippen LogP contribution in [0.1, 0.15) is 42.7 Å². The second kappa shape index (κ2) is 15.5. The molecule has 0 spiro atoms. The van der Waals surface area contributed by atoms with Gasteiger partial charge in [-0.15, -0.1) is 0 Å². The normalized spacial score (nSPS) is 12.6. The van der Waals surface area contributed by atoms with E-state index in [-0.39, 0.29) is 40.8 Å². The van der Waals surface area contributed by atoms with Gasteiger partial charge in [0.25, 0.3) is 5.69 Å². The van der Waals surface area contributed by atoms with Gasteiger partial charge >= 0.3 is 6.18 Å². The number of carbonyl (C=O) groups excluding carboxylic acids is 1. The number of hydrogen-bond acceptors (Lipinski definition) is 5. The maximum atomic E-state index is 13.4. The highest BCUT2D eigenvalue weighted by molar-refractivity contribution is 7.80. The number of nitro benzene ring substituents is 1. The number of anilines is 1. The van der Waals surface area contributed by atoms with Crippen LogP contribution in [0.3, 0.4) is 0 Å². The first-order chi connectivity index (χ1) is 21.9. The fraction of sp³-hybridized carbons (Fsp3) is 0.303. The summed E-state index contributed by atoms with van der Waals surface area (Å²) in [5.41, 5.74) is 1.86. The summed E-state index contributed by atoms with van der Waals surface area (Å²) in [6.07, 6.45) is -0.470. The molecular weight excluding hydrogens is 617 g/mol. The van der Waals surface area contributed by atoms with Crippen LogP contribution in [0.5, 0.6) is 0 Å². The molecule has 0 saturated carbocycles. The molecule has 4 rings (SSSR count). The Balaban J connectivity index is 1.49. The lowest BCUT2D eigenvalue weighted by atomic mass is 9.98. The van der Waals surface area contributed by atoms with Crippen LogP contribution in [0.4, 0.5) is 24.5 Å².